The molecule has 25 heavy (non-hydrogen) atoms. The SMILES string of the molecule is O=C(CCc1ccccc1)OC1CN(c2nc3ccc(F)cc3s2)C1. The third-order valence-electron chi connectivity index (χ3n) is 4.22. The number of fused-ring (bicyclic) bond motifs is 1. The van der Waals surface area contributed by atoms with Crippen LogP contribution in [0.1, 0.15) is 12.0 Å². The van der Waals surface area contributed by atoms with E-state index in [0.29, 0.717) is 25.9 Å². The van der Waals surface area contributed by atoms with Crippen molar-refractivity contribution in [3.63, 3.8) is 0 Å². The molecule has 1 aromatic heterocycles. The predicted molar refractivity (Wildman–Crippen MR) is 96.4 cm³/mol. The summed E-state index contributed by atoms with van der Waals surface area (Å²) < 4.78 is 19.6. The van der Waals surface area contributed by atoms with Gasteiger partial charge >= 0.3 is 5.97 Å². The number of anilines is 1. The van der Waals surface area contributed by atoms with Gasteiger partial charge in [-0.05, 0) is 30.2 Å². The van der Waals surface area contributed by atoms with Gasteiger partial charge in [0.05, 0.1) is 23.3 Å². The smallest absolute Gasteiger partial charge is 0.306 e. The standard InChI is InChI=1S/C19H17FN2O2S/c20-14-7-8-16-17(10-14)25-19(21-16)22-11-15(12-22)24-18(23)9-6-13-4-2-1-3-5-13/h1-5,7-8,10,15H,6,9,11-12H2. The number of carbonyl (C=O) groups is 1. The van der Waals surface area contributed by atoms with Gasteiger partial charge in [-0.15, -0.1) is 0 Å². The second-order valence-electron chi connectivity index (χ2n) is 6.11. The molecule has 3 aromatic rings. The number of aryl methyl sites for hydroxylation is 1. The Hall–Kier alpha value is -2.47. The molecule has 128 valence electrons. The summed E-state index contributed by atoms with van der Waals surface area (Å²) in [4.78, 5) is 18.5. The first-order valence-corrected chi connectivity index (χ1v) is 9.03. The molecule has 2 heterocycles. The second kappa shape index (κ2) is 6.80. The molecule has 4 nitrogen and oxygen atoms in total. The Morgan fingerprint density at radius 2 is 2.04 bits per heavy atom. The van der Waals surface area contributed by atoms with Gasteiger partial charge in [-0.25, -0.2) is 9.37 Å². The Labute approximate surface area is 148 Å². The average Bonchev–Trinajstić information content (AvgIpc) is 2.99. The minimum absolute atomic E-state index is 0.0907. The van der Waals surface area contributed by atoms with E-state index < -0.39 is 0 Å². The molecule has 1 fully saturated rings. The number of thiazole rings is 1. The highest BCUT2D eigenvalue weighted by atomic mass is 32.1. The molecule has 0 bridgehead atoms. The van der Waals surface area contributed by atoms with Gasteiger partial charge in [-0.1, -0.05) is 41.7 Å². The Morgan fingerprint density at radius 3 is 2.84 bits per heavy atom. The predicted octanol–water partition coefficient (Wildman–Crippen LogP) is 3.80. The molecule has 1 aliphatic heterocycles. The fraction of sp³-hybridized carbons (Fsp3) is 0.263. The molecular formula is C19H17FN2O2S. The first kappa shape index (κ1) is 16.0. The minimum atomic E-state index is -0.253. The molecule has 0 aliphatic carbocycles. The Morgan fingerprint density at radius 1 is 1.24 bits per heavy atom. The topological polar surface area (TPSA) is 42.4 Å². The van der Waals surface area contributed by atoms with Crippen LogP contribution in [0.5, 0.6) is 0 Å². The van der Waals surface area contributed by atoms with Crippen LogP contribution in [0.25, 0.3) is 10.2 Å². The van der Waals surface area contributed by atoms with Crippen LogP contribution in [-0.2, 0) is 16.0 Å². The van der Waals surface area contributed by atoms with Gasteiger partial charge in [-0.2, -0.15) is 0 Å². The van der Waals surface area contributed by atoms with Crippen LogP contribution in [0.3, 0.4) is 0 Å². The zero-order valence-corrected chi connectivity index (χ0v) is 14.3. The molecule has 4 rings (SSSR count). The molecule has 0 spiro atoms. The summed E-state index contributed by atoms with van der Waals surface area (Å²) in [5.74, 6) is -0.420. The van der Waals surface area contributed by atoms with Crippen LogP contribution in [0, 0.1) is 5.82 Å². The molecule has 0 unspecified atom stereocenters. The molecule has 0 amide bonds. The van der Waals surface area contributed by atoms with E-state index in [4.69, 9.17) is 4.74 Å². The number of benzene rings is 2. The van der Waals surface area contributed by atoms with Gasteiger partial charge in [0.2, 0.25) is 0 Å². The lowest BCUT2D eigenvalue weighted by Gasteiger charge is -2.38. The van der Waals surface area contributed by atoms with Crippen LogP contribution >= 0.6 is 11.3 Å². The van der Waals surface area contributed by atoms with Crippen LogP contribution < -0.4 is 4.90 Å². The largest absolute Gasteiger partial charge is 0.459 e. The van der Waals surface area contributed by atoms with E-state index >= 15 is 0 Å². The van der Waals surface area contributed by atoms with Gasteiger partial charge < -0.3 is 9.64 Å². The van der Waals surface area contributed by atoms with E-state index in [1.165, 1.54) is 23.5 Å². The van der Waals surface area contributed by atoms with E-state index in [2.05, 4.69) is 9.88 Å². The number of hydrogen-bond donors (Lipinski definition) is 0. The molecule has 1 saturated heterocycles. The quantitative estimate of drug-likeness (QED) is 0.652. The van der Waals surface area contributed by atoms with Crippen molar-refractivity contribution in [1.29, 1.82) is 0 Å². The van der Waals surface area contributed by atoms with Gasteiger partial charge in [-0.3, -0.25) is 4.79 Å². The van der Waals surface area contributed by atoms with Crippen molar-refractivity contribution in [2.45, 2.75) is 18.9 Å². The van der Waals surface area contributed by atoms with Crippen LogP contribution in [0.15, 0.2) is 48.5 Å². The van der Waals surface area contributed by atoms with Crippen LogP contribution in [0.4, 0.5) is 9.52 Å². The molecule has 6 heteroatoms. The highest BCUT2D eigenvalue weighted by molar-refractivity contribution is 7.22. The number of aromatic nitrogens is 1. The summed E-state index contributed by atoms with van der Waals surface area (Å²) in [6.07, 6.45) is 0.993. The first-order valence-electron chi connectivity index (χ1n) is 8.22. The summed E-state index contributed by atoms with van der Waals surface area (Å²) in [7, 11) is 0. The maximum Gasteiger partial charge on any atom is 0.306 e. The average molecular weight is 356 g/mol. The summed E-state index contributed by atoms with van der Waals surface area (Å²) in [6.45, 7) is 1.28. The fourth-order valence-electron chi connectivity index (χ4n) is 2.83. The summed E-state index contributed by atoms with van der Waals surface area (Å²) >= 11 is 1.46. The van der Waals surface area contributed by atoms with Gasteiger partial charge in [0.15, 0.2) is 5.13 Å². The number of ether oxygens (including phenoxy) is 1. The zero-order valence-electron chi connectivity index (χ0n) is 13.5. The van der Waals surface area contributed by atoms with Crippen molar-refractivity contribution in [1.82, 2.24) is 4.98 Å². The molecule has 0 radical (unpaired) electrons. The maximum absolute atomic E-state index is 13.3. The maximum atomic E-state index is 13.3. The normalized spacial score (nSPS) is 14.5. The van der Waals surface area contributed by atoms with E-state index in [0.717, 1.165) is 20.9 Å². The number of esters is 1. The van der Waals surface area contributed by atoms with Crippen molar-refractivity contribution in [3.05, 3.63) is 59.9 Å². The van der Waals surface area contributed by atoms with Crippen molar-refractivity contribution in [2.24, 2.45) is 0 Å². The van der Waals surface area contributed by atoms with Gasteiger partial charge in [0.1, 0.15) is 11.9 Å². The number of hydrogen-bond acceptors (Lipinski definition) is 5. The Kier molecular flexibility index (Phi) is 4.36. The van der Waals surface area contributed by atoms with Gasteiger partial charge in [0, 0.05) is 6.42 Å². The van der Waals surface area contributed by atoms with Crippen LogP contribution in [-0.4, -0.2) is 30.1 Å². The second-order valence-corrected chi connectivity index (χ2v) is 7.12. The van der Waals surface area contributed by atoms with Crippen LogP contribution in [0.2, 0.25) is 0 Å². The van der Waals surface area contributed by atoms with Crippen molar-refractivity contribution in [2.75, 3.05) is 18.0 Å². The summed E-state index contributed by atoms with van der Waals surface area (Å²) in [6, 6.07) is 14.5. The highest BCUT2D eigenvalue weighted by Crippen LogP contribution is 2.32. The molecule has 0 atom stereocenters. The number of rotatable bonds is 5. The minimum Gasteiger partial charge on any atom is -0.459 e. The summed E-state index contributed by atoms with van der Waals surface area (Å²) in [5.41, 5.74) is 1.93. The van der Waals surface area contributed by atoms with E-state index in [9.17, 15) is 9.18 Å². The lowest BCUT2D eigenvalue weighted by atomic mass is 10.1. The lowest BCUT2D eigenvalue weighted by Crippen LogP contribution is -2.53. The highest BCUT2D eigenvalue weighted by Gasteiger charge is 2.32. The number of carbonyl (C=O) groups excluding carboxylic acids is 1. The van der Waals surface area contributed by atoms with Crippen molar-refractivity contribution < 1.29 is 13.9 Å². The van der Waals surface area contributed by atoms with E-state index in [1.807, 2.05) is 30.3 Å². The Balaban J connectivity index is 1.27. The third-order valence-corrected chi connectivity index (χ3v) is 5.30. The fourth-order valence-corrected chi connectivity index (χ4v) is 3.83. The number of nitrogens with zero attached hydrogens (tertiary/aromatic N) is 2. The lowest BCUT2D eigenvalue weighted by molar-refractivity contribution is -0.150. The number of halogens is 1. The molecule has 0 N–H and O–H groups in total. The summed E-state index contributed by atoms with van der Waals surface area (Å²) in [5, 5.41) is 0.845. The van der Waals surface area contributed by atoms with Crippen molar-refractivity contribution >= 4 is 32.7 Å². The van der Waals surface area contributed by atoms with Gasteiger partial charge in [0.25, 0.3) is 0 Å². The van der Waals surface area contributed by atoms with Crippen molar-refractivity contribution in [3.8, 4) is 0 Å². The molecule has 1 aliphatic rings. The monoisotopic (exact) mass is 356 g/mol. The molecular weight excluding hydrogens is 339 g/mol. The zero-order chi connectivity index (χ0) is 17.2. The third kappa shape index (κ3) is 3.64. The first-order chi connectivity index (χ1) is 12.2. The molecule has 0 saturated carbocycles. The van der Waals surface area contributed by atoms with E-state index in [1.54, 1.807) is 6.07 Å². The van der Waals surface area contributed by atoms with E-state index in [-0.39, 0.29) is 17.9 Å². The Bertz CT molecular complexity index is 891. The molecule has 2 aromatic carbocycles.